The molecular weight excluding hydrogens is 239 g/mol. The third-order valence-electron chi connectivity index (χ3n) is 3.98. The molecule has 19 heavy (non-hydrogen) atoms. The monoisotopic (exact) mass is 264 g/mol. The standard InChI is InChI=1S/C16H25FN2/c1-14-8-10-18-16(13-19(14)11-5-9-17)12-15-6-3-2-4-7-15/h2-4,6-7,14,16,18H,5,8-13H2,1H3. The Balaban J connectivity index is 1.93. The Morgan fingerprint density at radius 1 is 1.32 bits per heavy atom. The second kappa shape index (κ2) is 7.61. The van der Waals surface area contributed by atoms with Gasteiger partial charge in [-0.2, -0.15) is 0 Å². The average Bonchev–Trinajstić information content (AvgIpc) is 2.60. The molecule has 0 aliphatic carbocycles. The molecular formula is C16H25FN2. The highest BCUT2D eigenvalue weighted by Crippen LogP contribution is 2.13. The molecule has 1 N–H and O–H groups in total. The maximum atomic E-state index is 12.4. The van der Waals surface area contributed by atoms with E-state index in [2.05, 4.69) is 47.5 Å². The van der Waals surface area contributed by atoms with Gasteiger partial charge in [0.05, 0.1) is 6.67 Å². The summed E-state index contributed by atoms with van der Waals surface area (Å²) in [7, 11) is 0. The van der Waals surface area contributed by atoms with Crippen LogP contribution in [0, 0.1) is 0 Å². The first kappa shape index (κ1) is 14.5. The zero-order valence-electron chi connectivity index (χ0n) is 11.8. The Morgan fingerprint density at radius 3 is 2.84 bits per heavy atom. The van der Waals surface area contributed by atoms with Crippen LogP contribution in [0.3, 0.4) is 0 Å². The van der Waals surface area contributed by atoms with Crippen molar-refractivity contribution in [3.63, 3.8) is 0 Å². The van der Waals surface area contributed by atoms with Gasteiger partial charge in [0.2, 0.25) is 0 Å². The molecule has 2 unspecified atom stereocenters. The third kappa shape index (κ3) is 4.59. The highest BCUT2D eigenvalue weighted by molar-refractivity contribution is 5.16. The van der Waals surface area contributed by atoms with Crippen LogP contribution in [0.1, 0.15) is 25.3 Å². The van der Waals surface area contributed by atoms with Crippen LogP contribution in [-0.4, -0.2) is 43.3 Å². The summed E-state index contributed by atoms with van der Waals surface area (Å²) in [6, 6.07) is 11.6. The zero-order chi connectivity index (χ0) is 13.5. The van der Waals surface area contributed by atoms with E-state index < -0.39 is 0 Å². The molecule has 0 radical (unpaired) electrons. The van der Waals surface area contributed by atoms with Crippen molar-refractivity contribution in [3.8, 4) is 0 Å². The fourth-order valence-electron chi connectivity index (χ4n) is 2.82. The number of nitrogens with zero attached hydrogens (tertiary/aromatic N) is 1. The summed E-state index contributed by atoms with van der Waals surface area (Å²) in [6.07, 6.45) is 2.86. The highest BCUT2D eigenvalue weighted by atomic mass is 19.1. The topological polar surface area (TPSA) is 15.3 Å². The normalized spacial score (nSPS) is 25.2. The summed E-state index contributed by atoms with van der Waals surface area (Å²) < 4.78 is 12.4. The molecule has 0 spiro atoms. The lowest BCUT2D eigenvalue weighted by Crippen LogP contribution is -2.41. The van der Waals surface area contributed by atoms with Gasteiger partial charge in [-0.15, -0.1) is 0 Å². The van der Waals surface area contributed by atoms with Gasteiger partial charge in [0.25, 0.3) is 0 Å². The molecule has 2 nitrogen and oxygen atoms in total. The van der Waals surface area contributed by atoms with Crippen LogP contribution in [0.2, 0.25) is 0 Å². The second-order valence-corrected chi connectivity index (χ2v) is 5.52. The molecule has 1 aliphatic heterocycles. The Labute approximate surface area is 116 Å². The van der Waals surface area contributed by atoms with Gasteiger partial charge in [0.1, 0.15) is 0 Å². The molecule has 2 atom stereocenters. The maximum absolute atomic E-state index is 12.4. The van der Waals surface area contributed by atoms with Crippen LogP contribution < -0.4 is 5.32 Å². The lowest BCUT2D eigenvalue weighted by molar-refractivity contribution is 0.195. The summed E-state index contributed by atoms with van der Waals surface area (Å²) in [5, 5.41) is 3.63. The van der Waals surface area contributed by atoms with Crippen LogP contribution in [0.25, 0.3) is 0 Å². The first-order valence-electron chi connectivity index (χ1n) is 7.37. The minimum absolute atomic E-state index is 0.208. The van der Waals surface area contributed by atoms with Crippen molar-refractivity contribution in [3.05, 3.63) is 35.9 Å². The molecule has 2 rings (SSSR count). The average molecular weight is 264 g/mol. The molecule has 1 aromatic carbocycles. The molecule has 1 aliphatic rings. The molecule has 0 bridgehead atoms. The van der Waals surface area contributed by atoms with Crippen molar-refractivity contribution in [2.45, 2.75) is 38.3 Å². The molecule has 1 aromatic rings. The number of hydrogen-bond donors (Lipinski definition) is 1. The smallest absolute Gasteiger partial charge is 0.0906 e. The molecule has 0 saturated carbocycles. The van der Waals surface area contributed by atoms with E-state index in [4.69, 9.17) is 0 Å². The van der Waals surface area contributed by atoms with E-state index in [0.717, 1.165) is 32.5 Å². The van der Waals surface area contributed by atoms with Crippen LogP contribution in [-0.2, 0) is 6.42 Å². The van der Waals surface area contributed by atoms with Gasteiger partial charge in [-0.25, -0.2) is 0 Å². The Bertz CT molecular complexity index is 355. The number of nitrogens with one attached hydrogen (secondary N) is 1. The van der Waals surface area contributed by atoms with Gasteiger partial charge in [0.15, 0.2) is 0 Å². The SMILES string of the molecule is CC1CCNC(Cc2ccccc2)CN1CCCF. The van der Waals surface area contributed by atoms with Crippen molar-refractivity contribution in [2.75, 3.05) is 26.3 Å². The predicted octanol–water partition coefficient (Wildman–Crippen LogP) is 2.64. The maximum Gasteiger partial charge on any atom is 0.0906 e. The first-order chi connectivity index (χ1) is 9.29. The Hall–Kier alpha value is -0.930. The minimum atomic E-state index is -0.208. The van der Waals surface area contributed by atoms with Gasteiger partial charge in [-0.1, -0.05) is 30.3 Å². The quantitative estimate of drug-likeness (QED) is 0.879. The molecule has 1 saturated heterocycles. The van der Waals surface area contributed by atoms with E-state index in [1.807, 2.05) is 0 Å². The van der Waals surface area contributed by atoms with Crippen molar-refractivity contribution >= 4 is 0 Å². The highest BCUT2D eigenvalue weighted by Gasteiger charge is 2.22. The van der Waals surface area contributed by atoms with Crippen LogP contribution in [0.4, 0.5) is 4.39 Å². The van der Waals surface area contributed by atoms with E-state index >= 15 is 0 Å². The largest absolute Gasteiger partial charge is 0.312 e. The molecule has 1 heterocycles. The lowest BCUT2D eigenvalue weighted by atomic mass is 10.1. The van der Waals surface area contributed by atoms with Crippen molar-refractivity contribution in [1.82, 2.24) is 10.2 Å². The molecule has 0 amide bonds. The number of rotatable bonds is 5. The predicted molar refractivity (Wildman–Crippen MR) is 78.2 cm³/mol. The van der Waals surface area contributed by atoms with Gasteiger partial charge in [0, 0.05) is 25.2 Å². The van der Waals surface area contributed by atoms with Gasteiger partial charge in [-0.3, -0.25) is 9.29 Å². The van der Waals surface area contributed by atoms with Crippen LogP contribution in [0.15, 0.2) is 30.3 Å². The number of hydrogen-bond acceptors (Lipinski definition) is 2. The Kier molecular flexibility index (Phi) is 5.80. The Morgan fingerprint density at radius 2 is 2.11 bits per heavy atom. The molecule has 0 aromatic heterocycles. The number of alkyl halides is 1. The zero-order valence-corrected chi connectivity index (χ0v) is 11.8. The molecule has 106 valence electrons. The van der Waals surface area contributed by atoms with E-state index in [1.165, 1.54) is 5.56 Å². The van der Waals surface area contributed by atoms with Crippen molar-refractivity contribution in [2.24, 2.45) is 0 Å². The van der Waals surface area contributed by atoms with Gasteiger partial charge in [-0.05, 0) is 38.3 Å². The van der Waals surface area contributed by atoms with Crippen molar-refractivity contribution in [1.29, 1.82) is 0 Å². The summed E-state index contributed by atoms with van der Waals surface area (Å²) in [5.41, 5.74) is 1.37. The summed E-state index contributed by atoms with van der Waals surface area (Å²) >= 11 is 0. The third-order valence-corrected chi connectivity index (χ3v) is 3.98. The van der Waals surface area contributed by atoms with E-state index in [9.17, 15) is 4.39 Å². The fraction of sp³-hybridized carbons (Fsp3) is 0.625. The van der Waals surface area contributed by atoms with Gasteiger partial charge < -0.3 is 5.32 Å². The molecule has 3 heteroatoms. The summed E-state index contributed by atoms with van der Waals surface area (Å²) in [4.78, 5) is 2.44. The van der Waals surface area contributed by atoms with E-state index in [0.29, 0.717) is 18.5 Å². The van der Waals surface area contributed by atoms with E-state index in [-0.39, 0.29) is 6.67 Å². The van der Waals surface area contributed by atoms with Crippen LogP contribution >= 0.6 is 0 Å². The first-order valence-corrected chi connectivity index (χ1v) is 7.37. The lowest BCUT2D eigenvalue weighted by Gasteiger charge is -2.28. The van der Waals surface area contributed by atoms with Crippen molar-refractivity contribution < 1.29 is 4.39 Å². The van der Waals surface area contributed by atoms with E-state index in [1.54, 1.807) is 0 Å². The number of benzene rings is 1. The van der Waals surface area contributed by atoms with Gasteiger partial charge >= 0.3 is 0 Å². The summed E-state index contributed by atoms with van der Waals surface area (Å²) in [6.45, 7) is 5.01. The minimum Gasteiger partial charge on any atom is -0.312 e. The fourth-order valence-corrected chi connectivity index (χ4v) is 2.82. The second-order valence-electron chi connectivity index (χ2n) is 5.52. The molecule has 1 fully saturated rings. The van der Waals surface area contributed by atoms with Crippen LogP contribution in [0.5, 0.6) is 0 Å². The number of halogens is 1. The summed E-state index contributed by atoms with van der Waals surface area (Å²) in [5.74, 6) is 0.